The van der Waals surface area contributed by atoms with Gasteiger partial charge in [0.2, 0.25) is 0 Å². The predicted molar refractivity (Wildman–Crippen MR) is 85.6 cm³/mol. The van der Waals surface area contributed by atoms with Gasteiger partial charge < -0.3 is 15.5 Å². The molecule has 0 aliphatic carbocycles. The van der Waals surface area contributed by atoms with Crippen molar-refractivity contribution in [3.63, 3.8) is 0 Å². The van der Waals surface area contributed by atoms with Gasteiger partial charge in [0.25, 0.3) is 5.91 Å². The minimum atomic E-state index is -0.775. The Morgan fingerprint density at radius 3 is 2.32 bits per heavy atom. The van der Waals surface area contributed by atoms with E-state index in [1.807, 2.05) is 13.8 Å². The van der Waals surface area contributed by atoms with Crippen molar-refractivity contribution in [2.24, 2.45) is 5.92 Å². The number of nitrogens with zero attached hydrogens (tertiary/aromatic N) is 1. The summed E-state index contributed by atoms with van der Waals surface area (Å²) in [6, 6.07) is 6.60. The van der Waals surface area contributed by atoms with Gasteiger partial charge in [-0.25, -0.2) is 0 Å². The van der Waals surface area contributed by atoms with Gasteiger partial charge in [0, 0.05) is 20.6 Å². The van der Waals surface area contributed by atoms with E-state index in [4.69, 9.17) is 0 Å². The van der Waals surface area contributed by atoms with Crippen molar-refractivity contribution in [2.45, 2.75) is 20.3 Å². The third-order valence-corrected chi connectivity index (χ3v) is 3.03. The zero-order chi connectivity index (χ0) is 16.7. The summed E-state index contributed by atoms with van der Waals surface area (Å²) in [6.45, 7) is 4.52. The van der Waals surface area contributed by atoms with Crippen molar-refractivity contribution in [3.8, 4) is 0 Å². The monoisotopic (exact) mass is 305 g/mol. The van der Waals surface area contributed by atoms with Crippen LogP contribution in [-0.2, 0) is 9.59 Å². The van der Waals surface area contributed by atoms with E-state index >= 15 is 0 Å². The summed E-state index contributed by atoms with van der Waals surface area (Å²) in [7, 11) is 3.25. The number of hydrogen-bond acceptors (Lipinski definition) is 3. The van der Waals surface area contributed by atoms with Crippen LogP contribution < -0.4 is 10.6 Å². The molecule has 0 aromatic heterocycles. The smallest absolute Gasteiger partial charge is 0.313 e. The number of nitrogens with one attached hydrogen (secondary N) is 2. The first-order valence-electron chi connectivity index (χ1n) is 7.22. The topological polar surface area (TPSA) is 78.5 Å². The van der Waals surface area contributed by atoms with Gasteiger partial charge in [-0.2, -0.15) is 0 Å². The van der Waals surface area contributed by atoms with Crippen molar-refractivity contribution >= 4 is 23.4 Å². The molecule has 0 aliphatic heterocycles. The van der Waals surface area contributed by atoms with Crippen LogP contribution in [0.5, 0.6) is 0 Å². The molecule has 0 fully saturated rings. The highest BCUT2D eigenvalue weighted by molar-refractivity contribution is 6.40. The van der Waals surface area contributed by atoms with Gasteiger partial charge in [-0.3, -0.25) is 14.4 Å². The molecule has 0 atom stereocenters. The molecule has 3 amide bonds. The third kappa shape index (κ3) is 5.20. The standard InChI is InChI=1S/C16H23N3O3/c1-11(2)9-10-17-14(20)15(21)18-13-8-6-5-7-12(13)16(22)19(3)4/h5-8,11H,9-10H2,1-4H3,(H,17,20)(H,18,21). The van der Waals surface area contributed by atoms with Gasteiger partial charge in [-0.1, -0.05) is 26.0 Å². The molecule has 1 aromatic rings. The van der Waals surface area contributed by atoms with Gasteiger partial charge in [-0.05, 0) is 24.5 Å². The van der Waals surface area contributed by atoms with Gasteiger partial charge >= 0.3 is 11.8 Å². The molecule has 0 saturated carbocycles. The van der Waals surface area contributed by atoms with E-state index in [0.29, 0.717) is 23.7 Å². The second-order valence-electron chi connectivity index (χ2n) is 5.64. The number of para-hydroxylation sites is 1. The molecule has 0 unspecified atom stereocenters. The molecule has 0 radical (unpaired) electrons. The molecule has 0 saturated heterocycles. The zero-order valence-corrected chi connectivity index (χ0v) is 13.5. The van der Waals surface area contributed by atoms with E-state index < -0.39 is 11.8 Å². The van der Waals surface area contributed by atoms with Crippen molar-refractivity contribution in [2.75, 3.05) is 26.0 Å². The fourth-order valence-electron chi connectivity index (χ4n) is 1.75. The van der Waals surface area contributed by atoms with E-state index in [-0.39, 0.29) is 5.91 Å². The van der Waals surface area contributed by atoms with Crippen LogP contribution in [0.2, 0.25) is 0 Å². The van der Waals surface area contributed by atoms with Crippen molar-refractivity contribution < 1.29 is 14.4 Å². The number of anilines is 1. The number of rotatable bonds is 5. The van der Waals surface area contributed by atoms with Crippen molar-refractivity contribution in [1.82, 2.24) is 10.2 Å². The summed E-state index contributed by atoms with van der Waals surface area (Å²) in [4.78, 5) is 37.1. The highest BCUT2D eigenvalue weighted by Crippen LogP contribution is 2.16. The van der Waals surface area contributed by atoms with E-state index in [0.717, 1.165) is 6.42 Å². The maximum Gasteiger partial charge on any atom is 0.313 e. The highest BCUT2D eigenvalue weighted by Gasteiger charge is 2.18. The Labute approximate surface area is 130 Å². The van der Waals surface area contributed by atoms with Crippen LogP contribution >= 0.6 is 0 Å². The Kier molecular flexibility index (Phi) is 6.56. The minimum absolute atomic E-state index is 0.240. The van der Waals surface area contributed by atoms with Crippen molar-refractivity contribution in [1.29, 1.82) is 0 Å². The fourth-order valence-corrected chi connectivity index (χ4v) is 1.75. The Hall–Kier alpha value is -2.37. The summed E-state index contributed by atoms with van der Waals surface area (Å²) in [5.74, 6) is -1.27. The SMILES string of the molecule is CC(C)CCNC(=O)C(=O)Nc1ccccc1C(=O)N(C)C. The summed E-state index contributed by atoms with van der Waals surface area (Å²) in [6.07, 6.45) is 0.800. The van der Waals surface area contributed by atoms with E-state index in [1.165, 1.54) is 4.90 Å². The molecule has 0 spiro atoms. The minimum Gasteiger partial charge on any atom is -0.348 e. The Balaban J connectivity index is 2.72. The molecular weight excluding hydrogens is 282 g/mol. The number of benzene rings is 1. The van der Waals surface area contributed by atoms with Crippen LogP contribution in [-0.4, -0.2) is 43.3 Å². The summed E-state index contributed by atoms with van der Waals surface area (Å²) >= 11 is 0. The molecule has 0 aliphatic rings. The van der Waals surface area contributed by atoms with Gasteiger partial charge in [0.05, 0.1) is 11.3 Å². The molecule has 6 nitrogen and oxygen atoms in total. The lowest BCUT2D eigenvalue weighted by atomic mass is 10.1. The number of carbonyl (C=O) groups excluding carboxylic acids is 3. The van der Waals surface area contributed by atoms with Crippen molar-refractivity contribution in [3.05, 3.63) is 29.8 Å². The Bertz CT molecular complexity index is 553. The summed E-state index contributed by atoms with van der Waals surface area (Å²) in [5.41, 5.74) is 0.668. The maximum atomic E-state index is 12.0. The molecule has 2 N–H and O–H groups in total. The third-order valence-electron chi connectivity index (χ3n) is 3.03. The molecule has 0 heterocycles. The van der Waals surface area contributed by atoms with Crippen LogP contribution in [0.1, 0.15) is 30.6 Å². The number of carbonyl (C=O) groups is 3. The maximum absolute atomic E-state index is 12.0. The Morgan fingerprint density at radius 2 is 1.73 bits per heavy atom. The normalized spacial score (nSPS) is 10.2. The molecule has 1 aromatic carbocycles. The zero-order valence-electron chi connectivity index (χ0n) is 13.5. The second-order valence-corrected chi connectivity index (χ2v) is 5.64. The molecular formula is C16H23N3O3. The van der Waals surface area contributed by atoms with Crippen LogP contribution in [0, 0.1) is 5.92 Å². The Morgan fingerprint density at radius 1 is 1.09 bits per heavy atom. The molecule has 120 valence electrons. The van der Waals surface area contributed by atoms with Gasteiger partial charge in [0.15, 0.2) is 0 Å². The lowest BCUT2D eigenvalue weighted by Crippen LogP contribution is -2.36. The average Bonchev–Trinajstić information content (AvgIpc) is 2.46. The van der Waals surface area contributed by atoms with E-state index in [9.17, 15) is 14.4 Å². The number of amides is 3. The predicted octanol–water partition coefficient (Wildman–Crippen LogP) is 1.49. The largest absolute Gasteiger partial charge is 0.348 e. The molecule has 0 bridgehead atoms. The quantitative estimate of drug-likeness (QED) is 0.809. The van der Waals surface area contributed by atoms with E-state index in [1.54, 1.807) is 38.4 Å². The van der Waals surface area contributed by atoms with Crippen LogP contribution in [0.15, 0.2) is 24.3 Å². The van der Waals surface area contributed by atoms with E-state index in [2.05, 4.69) is 10.6 Å². The summed E-state index contributed by atoms with van der Waals surface area (Å²) in [5, 5.41) is 5.04. The molecule has 1 rings (SSSR count). The average molecular weight is 305 g/mol. The van der Waals surface area contributed by atoms with Crippen LogP contribution in [0.4, 0.5) is 5.69 Å². The lowest BCUT2D eigenvalue weighted by molar-refractivity contribution is -0.136. The van der Waals surface area contributed by atoms with Crippen LogP contribution in [0.25, 0.3) is 0 Å². The van der Waals surface area contributed by atoms with Gasteiger partial charge in [-0.15, -0.1) is 0 Å². The molecule has 22 heavy (non-hydrogen) atoms. The first-order valence-corrected chi connectivity index (χ1v) is 7.22. The van der Waals surface area contributed by atoms with Crippen LogP contribution in [0.3, 0.4) is 0 Å². The second kappa shape index (κ2) is 8.17. The van der Waals surface area contributed by atoms with Gasteiger partial charge in [0.1, 0.15) is 0 Å². The highest BCUT2D eigenvalue weighted by atomic mass is 16.2. The first-order chi connectivity index (χ1) is 10.3. The molecule has 6 heteroatoms. The lowest BCUT2D eigenvalue weighted by Gasteiger charge is -2.14. The first kappa shape index (κ1) is 17.7. The summed E-state index contributed by atoms with van der Waals surface area (Å²) < 4.78 is 0. The number of hydrogen-bond donors (Lipinski definition) is 2. The fraction of sp³-hybridized carbons (Fsp3) is 0.438.